The van der Waals surface area contributed by atoms with Gasteiger partial charge in [0, 0.05) is 10.7 Å². The van der Waals surface area contributed by atoms with E-state index in [1.54, 1.807) is 25.1 Å². The first-order chi connectivity index (χ1) is 8.03. The number of benzene rings is 1. The second-order valence-corrected chi connectivity index (χ2v) is 4.51. The number of aliphatic imine (C=N–C) groups is 1. The predicted molar refractivity (Wildman–Crippen MR) is 67.3 cm³/mol. The molecule has 90 valence electrons. The molecule has 0 bridgehead atoms. The third kappa shape index (κ3) is 2.42. The molecule has 0 aliphatic carbocycles. The lowest BCUT2D eigenvalue weighted by atomic mass is 10.0. The maximum absolute atomic E-state index is 11.6. The Hall–Kier alpha value is -1.55. The largest absolute Gasteiger partial charge is 0.391 e. The maximum Gasteiger partial charge on any atom is 0.341 e. The molecular formula is C12H13ClN2O2. The number of halogens is 1. The standard InChI is InChI=1S/C12H13ClN2O2/c1-3-12(2)10(16)17-11(15-12)14-9-6-4-5-8(13)7-9/h4-7H,3H2,1-2H3,(H,14,15)/t12-/m1/s1. The summed E-state index contributed by atoms with van der Waals surface area (Å²) in [5, 5.41) is 3.53. The molecule has 1 heterocycles. The van der Waals surface area contributed by atoms with Crippen LogP contribution in [0.5, 0.6) is 0 Å². The predicted octanol–water partition coefficient (Wildman–Crippen LogP) is 2.83. The van der Waals surface area contributed by atoms with Gasteiger partial charge >= 0.3 is 5.97 Å². The maximum atomic E-state index is 11.6. The second kappa shape index (κ2) is 4.37. The van der Waals surface area contributed by atoms with Crippen LogP contribution in [0.1, 0.15) is 20.3 Å². The Morgan fingerprint density at radius 2 is 2.29 bits per heavy atom. The smallest absolute Gasteiger partial charge is 0.341 e. The molecule has 4 nitrogen and oxygen atoms in total. The lowest BCUT2D eigenvalue weighted by molar-refractivity contribution is -0.138. The van der Waals surface area contributed by atoms with Crippen LogP contribution in [-0.2, 0) is 9.53 Å². The van der Waals surface area contributed by atoms with Crippen molar-refractivity contribution in [3.63, 3.8) is 0 Å². The minimum Gasteiger partial charge on any atom is -0.391 e. The molecule has 0 spiro atoms. The number of cyclic esters (lactones) is 1. The molecule has 2 rings (SSSR count). The van der Waals surface area contributed by atoms with Crippen molar-refractivity contribution in [2.75, 3.05) is 5.32 Å². The van der Waals surface area contributed by atoms with Crippen molar-refractivity contribution < 1.29 is 9.53 Å². The van der Waals surface area contributed by atoms with Gasteiger partial charge in [0.1, 0.15) is 0 Å². The number of ether oxygens (including phenoxy) is 1. The molecule has 1 N–H and O–H groups in total. The van der Waals surface area contributed by atoms with Gasteiger partial charge in [-0.1, -0.05) is 24.6 Å². The van der Waals surface area contributed by atoms with Gasteiger partial charge in [-0.15, -0.1) is 0 Å². The zero-order valence-electron chi connectivity index (χ0n) is 9.66. The van der Waals surface area contributed by atoms with Gasteiger partial charge in [0.2, 0.25) is 0 Å². The van der Waals surface area contributed by atoms with Crippen LogP contribution in [0.15, 0.2) is 29.3 Å². The van der Waals surface area contributed by atoms with Crippen molar-refractivity contribution in [3.05, 3.63) is 29.3 Å². The first kappa shape index (κ1) is 11.9. The molecule has 1 aliphatic heterocycles. The van der Waals surface area contributed by atoms with Crippen LogP contribution < -0.4 is 5.32 Å². The highest BCUT2D eigenvalue weighted by molar-refractivity contribution is 6.30. The Morgan fingerprint density at radius 3 is 2.88 bits per heavy atom. The number of rotatable bonds is 2. The fourth-order valence-corrected chi connectivity index (χ4v) is 1.65. The van der Waals surface area contributed by atoms with Gasteiger partial charge < -0.3 is 10.1 Å². The van der Waals surface area contributed by atoms with Crippen LogP contribution in [0, 0.1) is 0 Å². The summed E-state index contributed by atoms with van der Waals surface area (Å²) < 4.78 is 5.07. The van der Waals surface area contributed by atoms with E-state index in [-0.39, 0.29) is 12.0 Å². The number of amidine groups is 1. The van der Waals surface area contributed by atoms with E-state index in [0.29, 0.717) is 11.4 Å². The summed E-state index contributed by atoms with van der Waals surface area (Å²) in [6, 6.07) is 7.36. The van der Waals surface area contributed by atoms with E-state index >= 15 is 0 Å². The van der Waals surface area contributed by atoms with Crippen LogP contribution in [0.3, 0.4) is 0 Å². The molecule has 0 unspecified atom stereocenters. The summed E-state index contributed by atoms with van der Waals surface area (Å²) in [5.41, 5.74) is -0.0367. The van der Waals surface area contributed by atoms with E-state index < -0.39 is 5.54 Å². The zero-order chi connectivity index (χ0) is 12.5. The SMILES string of the molecule is CC[C@@]1(C)N=C(Nc2cccc(Cl)c2)OC1=O. The van der Waals surface area contributed by atoms with E-state index in [9.17, 15) is 4.79 Å². The number of carbonyl (C=O) groups is 1. The normalized spacial score (nSPS) is 23.2. The highest BCUT2D eigenvalue weighted by Crippen LogP contribution is 2.24. The van der Waals surface area contributed by atoms with Gasteiger partial charge in [-0.05, 0) is 31.5 Å². The van der Waals surface area contributed by atoms with Crippen LogP contribution in [-0.4, -0.2) is 17.5 Å². The fourth-order valence-electron chi connectivity index (χ4n) is 1.46. The Labute approximate surface area is 105 Å². The van der Waals surface area contributed by atoms with Crippen LogP contribution in [0.4, 0.5) is 5.69 Å². The molecule has 0 amide bonds. The quantitative estimate of drug-likeness (QED) is 0.824. The Kier molecular flexibility index (Phi) is 3.07. The number of anilines is 1. The minimum atomic E-state index is -0.777. The van der Waals surface area contributed by atoms with Gasteiger partial charge in [-0.2, -0.15) is 0 Å². The average Bonchev–Trinajstić information content (AvgIpc) is 2.55. The molecule has 1 atom stereocenters. The Balaban J connectivity index is 2.16. The number of nitrogens with zero attached hydrogens (tertiary/aromatic N) is 1. The van der Waals surface area contributed by atoms with Gasteiger partial charge in [0.05, 0.1) is 0 Å². The topological polar surface area (TPSA) is 50.7 Å². The van der Waals surface area contributed by atoms with Crippen molar-refractivity contribution >= 4 is 29.3 Å². The molecular weight excluding hydrogens is 240 g/mol. The summed E-state index contributed by atoms with van der Waals surface area (Å²) >= 11 is 5.85. The average molecular weight is 253 g/mol. The molecule has 0 aromatic heterocycles. The zero-order valence-corrected chi connectivity index (χ0v) is 10.4. The third-order valence-electron chi connectivity index (χ3n) is 2.74. The summed E-state index contributed by atoms with van der Waals surface area (Å²) in [6.07, 6.45) is 0.604. The lowest BCUT2D eigenvalue weighted by Crippen LogP contribution is -2.28. The summed E-state index contributed by atoms with van der Waals surface area (Å²) in [4.78, 5) is 15.8. The van der Waals surface area contributed by atoms with Gasteiger partial charge in [-0.3, -0.25) is 0 Å². The molecule has 5 heteroatoms. The van der Waals surface area contributed by atoms with Gasteiger partial charge in [0.25, 0.3) is 6.02 Å². The first-order valence-electron chi connectivity index (χ1n) is 5.38. The lowest BCUT2D eigenvalue weighted by Gasteiger charge is -2.10. The number of nitrogens with one attached hydrogen (secondary N) is 1. The molecule has 17 heavy (non-hydrogen) atoms. The summed E-state index contributed by atoms with van der Waals surface area (Å²) in [7, 11) is 0. The van der Waals surface area contributed by atoms with E-state index in [4.69, 9.17) is 16.3 Å². The number of carbonyl (C=O) groups excluding carboxylic acids is 1. The highest BCUT2D eigenvalue weighted by Gasteiger charge is 2.40. The van der Waals surface area contributed by atoms with Crippen LogP contribution in [0.25, 0.3) is 0 Å². The molecule has 0 saturated heterocycles. The fraction of sp³-hybridized carbons (Fsp3) is 0.333. The molecule has 1 aliphatic rings. The molecule has 0 fully saturated rings. The number of hydrogen-bond acceptors (Lipinski definition) is 4. The van der Waals surface area contributed by atoms with E-state index in [2.05, 4.69) is 10.3 Å². The Bertz CT molecular complexity index is 487. The van der Waals surface area contributed by atoms with Crippen molar-refractivity contribution in [3.8, 4) is 0 Å². The van der Waals surface area contributed by atoms with Crippen LogP contribution >= 0.6 is 11.6 Å². The highest BCUT2D eigenvalue weighted by atomic mass is 35.5. The van der Waals surface area contributed by atoms with Crippen molar-refractivity contribution in [2.45, 2.75) is 25.8 Å². The van der Waals surface area contributed by atoms with Crippen molar-refractivity contribution in [1.82, 2.24) is 0 Å². The van der Waals surface area contributed by atoms with Gasteiger partial charge in [0.15, 0.2) is 5.54 Å². The van der Waals surface area contributed by atoms with Gasteiger partial charge in [-0.25, -0.2) is 9.79 Å². The first-order valence-corrected chi connectivity index (χ1v) is 5.76. The third-order valence-corrected chi connectivity index (χ3v) is 2.98. The van der Waals surface area contributed by atoms with Crippen LogP contribution in [0.2, 0.25) is 5.02 Å². The Morgan fingerprint density at radius 1 is 1.53 bits per heavy atom. The van der Waals surface area contributed by atoms with E-state index in [0.717, 1.165) is 5.69 Å². The minimum absolute atomic E-state index is 0.224. The monoisotopic (exact) mass is 252 g/mol. The molecule has 1 aromatic carbocycles. The van der Waals surface area contributed by atoms with Crippen molar-refractivity contribution in [1.29, 1.82) is 0 Å². The second-order valence-electron chi connectivity index (χ2n) is 4.07. The molecule has 0 saturated carbocycles. The van der Waals surface area contributed by atoms with Crippen molar-refractivity contribution in [2.24, 2.45) is 4.99 Å². The van der Waals surface area contributed by atoms with E-state index in [1.807, 2.05) is 13.0 Å². The molecule has 0 radical (unpaired) electrons. The summed E-state index contributed by atoms with van der Waals surface area (Å²) in [6.45, 7) is 3.65. The number of hydrogen-bond donors (Lipinski definition) is 1. The summed E-state index contributed by atoms with van der Waals surface area (Å²) in [5.74, 6) is -0.329. The van der Waals surface area contributed by atoms with E-state index in [1.165, 1.54) is 0 Å². The number of esters is 1. The molecule has 1 aromatic rings.